The zero-order valence-corrected chi connectivity index (χ0v) is 12.9. The summed E-state index contributed by atoms with van der Waals surface area (Å²) >= 11 is 0. The fourth-order valence-electron chi connectivity index (χ4n) is 1.94. The van der Waals surface area contributed by atoms with Crippen LogP contribution >= 0.6 is 0 Å². The third-order valence-electron chi connectivity index (χ3n) is 3.13. The standard InChI is InChI=1S/C14H29N5O2/c1-2-3-4-5-6-9-12(20)19-11(13(15)21)8-7-10-18-14(16)17/h11H,2-10H2,1H3,(H2,15,21)(H,19,20)(H4,16,17,18)/t11-/m0/s1. The third-order valence-corrected chi connectivity index (χ3v) is 3.13. The number of unbranched alkanes of at least 4 members (excludes halogenated alkanes) is 4. The van der Waals surface area contributed by atoms with E-state index in [0.717, 1.165) is 19.3 Å². The summed E-state index contributed by atoms with van der Waals surface area (Å²) in [6.45, 7) is 2.56. The lowest BCUT2D eigenvalue weighted by Crippen LogP contribution is -2.44. The van der Waals surface area contributed by atoms with Gasteiger partial charge in [-0.25, -0.2) is 0 Å². The molecule has 0 aliphatic heterocycles. The van der Waals surface area contributed by atoms with Crippen molar-refractivity contribution in [1.29, 1.82) is 0 Å². The van der Waals surface area contributed by atoms with Gasteiger partial charge in [-0.2, -0.15) is 0 Å². The van der Waals surface area contributed by atoms with Crippen molar-refractivity contribution in [2.24, 2.45) is 22.2 Å². The SMILES string of the molecule is CCCCCCCC(=O)N[C@@H](CCCN=C(N)N)C(N)=O. The molecule has 7 heteroatoms. The lowest BCUT2D eigenvalue weighted by atomic mass is 10.1. The number of nitrogens with zero attached hydrogens (tertiary/aromatic N) is 1. The molecule has 2 amide bonds. The van der Waals surface area contributed by atoms with Crippen LogP contribution in [0.3, 0.4) is 0 Å². The van der Waals surface area contributed by atoms with Crippen LogP contribution in [-0.4, -0.2) is 30.4 Å². The van der Waals surface area contributed by atoms with Crippen LogP contribution in [0.25, 0.3) is 0 Å². The van der Waals surface area contributed by atoms with Gasteiger partial charge in [0.1, 0.15) is 6.04 Å². The highest BCUT2D eigenvalue weighted by molar-refractivity contribution is 5.86. The van der Waals surface area contributed by atoms with E-state index >= 15 is 0 Å². The molecule has 7 nitrogen and oxygen atoms in total. The molecule has 0 bridgehead atoms. The summed E-state index contributed by atoms with van der Waals surface area (Å²) in [5.41, 5.74) is 15.7. The summed E-state index contributed by atoms with van der Waals surface area (Å²) < 4.78 is 0. The molecule has 7 N–H and O–H groups in total. The van der Waals surface area contributed by atoms with E-state index in [1.165, 1.54) is 12.8 Å². The highest BCUT2D eigenvalue weighted by Crippen LogP contribution is 2.05. The molecule has 0 spiro atoms. The van der Waals surface area contributed by atoms with Gasteiger partial charge in [-0.05, 0) is 19.3 Å². The molecular weight excluding hydrogens is 270 g/mol. The normalized spacial score (nSPS) is 11.7. The van der Waals surface area contributed by atoms with Crippen molar-refractivity contribution in [3.8, 4) is 0 Å². The van der Waals surface area contributed by atoms with E-state index in [1.54, 1.807) is 0 Å². The van der Waals surface area contributed by atoms with Crippen LogP contribution in [0.2, 0.25) is 0 Å². The second-order valence-corrected chi connectivity index (χ2v) is 5.14. The Balaban J connectivity index is 3.93. The predicted molar refractivity (Wildman–Crippen MR) is 84.4 cm³/mol. The number of nitrogens with two attached hydrogens (primary N) is 3. The first-order valence-corrected chi connectivity index (χ1v) is 7.61. The van der Waals surface area contributed by atoms with Gasteiger partial charge in [-0.3, -0.25) is 14.6 Å². The van der Waals surface area contributed by atoms with Crippen molar-refractivity contribution >= 4 is 17.8 Å². The van der Waals surface area contributed by atoms with Crippen LogP contribution in [0.1, 0.15) is 58.3 Å². The number of hydrogen-bond acceptors (Lipinski definition) is 3. The van der Waals surface area contributed by atoms with Crippen molar-refractivity contribution < 1.29 is 9.59 Å². The molecule has 0 aromatic heterocycles. The van der Waals surface area contributed by atoms with E-state index in [9.17, 15) is 9.59 Å². The molecule has 0 unspecified atom stereocenters. The third kappa shape index (κ3) is 11.7. The summed E-state index contributed by atoms with van der Waals surface area (Å²) in [5, 5.41) is 2.67. The molecule has 0 saturated carbocycles. The molecule has 0 heterocycles. The number of rotatable bonds is 12. The van der Waals surface area contributed by atoms with Crippen LogP contribution in [0.15, 0.2) is 4.99 Å². The van der Waals surface area contributed by atoms with E-state index in [2.05, 4.69) is 17.2 Å². The first-order valence-electron chi connectivity index (χ1n) is 7.61. The summed E-state index contributed by atoms with van der Waals surface area (Å²) in [7, 11) is 0. The van der Waals surface area contributed by atoms with Crippen molar-refractivity contribution in [2.75, 3.05) is 6.54 Å². The van der Waals surface area contributed by atoms with Gasteiger partial charge in [0.15, 0.2) is 5.96 Å². The number of guanidine groups is 1. The fraction of sp³-hybridized carbons (Fsp3) is 0.786. The van der Waals surface area contributed by atoms with Gasteiger partial charge in [0.2, 0.25) is 11.8 Å². The van der Waals surface area contributed by atoms with Gasteiger partial charge in [-0.15, -0.1) is 0 Å². The number of amides is 2. The molecule has 0 aliphatic carbocycles. The molecule has 122 valence electrons. The lowest BCUT2D eigenvalue weighted by molar-refractivity contribution is -0.127. The molecule has 0 aliphatic rings. The number of hydrogen-bond donors (Lipinski definition) is 4. The number of aliphatic imine (C=N–C) groups is 1. The maximum absolute atomic E-state index is 11.7. The van der Waals surface area contributed by atoms with E-state index in [4.69, 9.17) is 17.2 Å². The van der Waals surface area contributed by atoms with Crippen molar-refractivity contribution in [1.82, 2.24) is 5.32 Å². The molecule has 0 radical (unpaired) electrons. The molecule has 1 atom stereocenters. The second-order valence-electron chi connectivity index (χ2n) is 5.14. The minimum atomic E-state index is -0.651. The van der Waals surface area contributed by atoms with E-state index in [-0.39, 0.29) is 11.9 Å². The van der Waals surface area contributed by atoms with Gasteiger partial charge in [0.05, 0.1) is 0 Å². The van der Waals surface area contributed by atoms with Crippen molar-refractivity contribution in [2.45, 2.75) is 64.3 Å². The molecule has 0 saturated heterocycles. The molecule has 0 fully saturated rings. The van der Waals surface area contributed by atoms with Crippen molar-refractivity contribution in [3.63, 3.8) is 0 Å². The minimum Gasteiger partial charge on any atom is -0.370 e. The Kier molecular flexibility index (Phi) is 11.0. The Morgan fingerprint density at radius 3 is 2.29 bits per heavy atom. The first-order chi connectivity index (χ1) is 9.97. The Hall–Kier alpha value is -1.79. The fourth-order valence-corrected chi connectivity index (χ4v) is 1.94. The summed E-state index contributed by atoms with van der Waals surface area (Å²) in [6.07, 6.45) is 6.83. The van der Waals surface area contributed by atoms with E-state index < -0.39 is 11.9 Å². The zero-order chi connectivity index (χ0) is 16.1. The summed E-state index contributed by atoms with van der Waals surface area (Å²) in [6, 6.07) is -0.651. The summed E-state index contributed by atoms with van der Waals surface area (Å²) in [5.74, 6) is -0.641. The second kappa shape index (κ2) is 12.0. The number of primary amides is 1. The van der Waals surface area contributed by atoms with Crippen LogP contribution in [0, 0.1) is 0 Å². The molecular formula is C14H29N5O2. The van der Waals surface area contributed by atoms with Crippen LogP contribution in [-0.2, 0) is 9.59 Å². The Labute approximate surface area is 126 Å². The zero-order valence-electron chi connectivity index (χ0n) is 12.9. The first kappa shape index (κ1) is 19.2. The van der Waals surface area contributed by atoms with Crippen LogP contribution < -0.4 is 22.5 Å². The van der Waals surface area contributed by atoms with E-state index in [0.29, 0.717) is 25.8 Å². The van der Waals surface area contributed by atoms with Crippen LogP contribution in [0.4, 0.5) is 0 Å². The van der Waals surface area contributed by atoms with Gasteiger partial charge in [-0.1, -0.05) is 32.6 Å². The number of nitrogens with one attached hydrogen (secondary N) is 1. The molecule has 21 heavy (non-hydrogen) atoms. The average Bonchev–Trinajstić information content (AvgIpc) is 2.41. The minimum absolute atomic E-state index is 0.0155. The Bertz CT molecular complexity index is 340. The van der Waals surface area contributed by atoms with Crippen molar-refractivity contribution in [3.05, 3.63) is 0 Å². The largest absolute Gasteiger partial charge is 0.370 e. The lowest BCUT2D eigenvalue weighted by Gasteiger charge is -2.15. The molecule has 0 aromatic carbocycles. The monoisotopic (exact) mass is 299 g/mol. The van der Waals surface area contributed by atoms with Gasteiger partial charge in [0, 0.05) is 13.0 Å². The van der Waals surface area contributed by atoms with Crippen LogP contribution in [0.5, 0.6) is 0 Å². The number of carbonyl (C=O) groups is 2. The maximum atomic E-state index is 11.7. The maximum Gasteiger partial charge on any atom is 0.240 e. The topological polar surface area (TPSA) is 137 Å². The molecule has 0 rings (SSSR count). The van der Waals surface area contributed by atoms with Gasteiger partial charge >= 0.3 is 0 Å². The smallest absolute Gasteiger partial charge is 0.240 e. The Morgan fingerprint density at radius 2 is 1.71 bits per heavy atom. The van der Waals surface area contributed by atoms with Gasteiger partial charge in [0.25, 0.3) is 0 Å². The average molecular weight is 299 g/mol. The van der Waals surface area contributed by atoms with Gasteiger partial charge < -0.3 is 22.5 Å². The predicted octanol–water partition coefficient (Wildman–Crippen LogP) is 0.371. The Morgan fingerprint density at radius 1 is 1.05 bits per heavy atom. The highest BCUT2D eigenvalue weighted by atomic mass is 16.2. The summed E-state index contributed by atoms with van der Waals surface area (Å²) in [4.78, 5) is 26.9. The number of carbonyl (C=O) groups excluding carboxylic acids is 2. The quantitative estimate of drug-likeness (QED) is 0.235. The molecule has 0 aromatic rings. The highest BCUT2D eigenvalue weighted by Gasteiger charge is 2.17. The van der Waals surface area contributed by atoms with E-state index in [1.807, 2.05) is 0 Å².